The number of methoxy groups -OCH3 is 1. The minimum Gasteiger partial charge on any atom is -0.495 e. The largest absolute Gasteiger partial charge is 0.495 e. The first-order chi connectivity index (χ1) is 8.72. The summed E-state index contributed by atoms with van der Waals surface area (Å²) in [5, 5.41) is 4.13. The van der Waals surface area contributed by atoms with Crippen molar-refractivity contribution < 1.29 is 4.74 Å². The summed E-state index contributed by atoms with van der Waals surface area (Å²) in [6.45, 7) is 5.51. The molecule has 1 heterocycles. The minimum atomic E-state index is 0.530. The number of ether oxygens (including phenoxy) is 1. The van der Waals surface area contributed by atoms with Crippen LogP contribution in [0.25, 0.3) is 0 Å². The van der Waals surface area contributed by atoms with E-state index in [4.69, 9.17) is 16.3 Å². The van der Waals surface area contributed by atoms with E-state index in [0.29, 0.717) is 11.1 Å². The predicted molar refractivity (Wildman–Crippen MR) is 76.9 cm³/mol. The lowest BCUT2D eigenvalue weighted by Gasteiger charge is -2.33. The molecule has 1 N–H and O–H groups in total. The van der Waals surface area contributed by atoms with Gasteiger partial charge in [-0.3, -0.25) is 0 Å². The highest BCUT2D eigenvalue weighted by molar-refractivity contribution is 6.32. The number of benzene rings is 1. The molecule has 3 nitrogen and oxygen atoms in total. The molecule has 1 aromatic rings. The van der Waals surface area contributed by atoms with Gasteiger partial charge in [-0.05, 0) is 51.1 Å². The maximum absolute atomic E-state index is 6.21. The van der Waals surface area contributed by atoms with E-state index in [9.17, 15) is 0 Å². The first-order valence-electron chi connectivity index (χ1n) is 6.53. The zero-order chi connectivity index (χ0) is 13.0. The Hall–Kier alpha value is -0.930. The molecule has 1 aliphatic rings. The fraction of sp³-hybridized carbons (Fsp3) is 0.571. The van der Waals surface area contributed by atoms with Crippen molar-refractivity contribution in [3.8, 4) is 5.75 Å². The van der Waals surface area contributed by atoms with Crippen LogP contribution in [0.15, 0.2) is 18.2 Å². The molecule has 1 aromatic carbocycles. The Bertz CT molecular complexity index is 397. The van der Waals surface area contributed by atoms with Crippen molar-refractivity contribution in [2.75, 3.05) is 31.6 Å². The van der Waals surface area contributed by atoms with Crippen LogP contribution in [0.1, 0.15) is 19.8 Å². The molecule has 0 aromatic heterocycles. The molecular weight excluding hydrogens is 248 g/mol. The number of halogens is 1. The molecule has 1 aliphatic heterocycles. The standard InChI is InChI=1S/C14H21ClN2O/c1-11-6-8-16-7-3-9-17(11)12-4-5-14(18-2)13(15)10-12/h4-5,10-11,16H,3,6-9H2,1-2H3. The van der Waals surface area contributed by atoms with E-state index in [1.165, 1.54) is 5.69 Å². The van der Waals surface area contributed by atoms with Gasteiger partial charge in [0, 0.05) is 18.3 Å². The molecule has 0 bridgehead atoms. The van der Waals surface area contributed by atoms with Gasteiger partial charge in [0.25, 0.3) is 0 Å². The first-order valence-corrected chi connectivity index (χ1v) is 6.91. The number of nitrogens with zero attached hydrogens (tertiary/aromatic N) is 1. The average molecular weight is 269 g/mol. The summed E-state index contributed by atoms with van der Waals surface area (Å²) in [7, 11) is 1.64. The summed E-state index contributed by atoms with van der Waals surface area (Å²) in [5.41, 5.74) is 1.19. The lowest BCUT2D eigenvalue weighted by molar-refractivity contribution is 0.415. The van der Waals surface area contributed by atoms with Crippen LogP contribution in [0.5, 0.6) is 5.75 Å². The van der Waals surface area contributed by atoms with Gasteiger partial charge in [0.15, 0.2) is 0 Å². The Morgan fingerprint density at radius 1 is 1.39 bits per heavy atom. The third-order valence-corrected chi connectivity index (χ3v) is 3.79. The molecule has 0 spiro atoms. The lowest BCUT2D eigenvalue weighted by Crippen LogP contribution is -2.40. The summed E-state index contributed by atoms with van der Waals surface area (Å²) in [6.07, 6.45) is 2.32. The van der Waals surface area contributed by atoms with Crippen LogP contribution in [0, 0.1) is 0 Å². The van der Waals surface area contributed by atoms with Gasteiger partial charge in [0.1, 0.15) is 5.75 Å². The van der Waals surface area contributed by atoms with Crippen LogP contribution in [0.4, 0.5) is 5.69 Å². The zero-order valence-corrected chi connectivity index (χ0v) is 11.8. The summed E-state index contributed by atoms with van der Waals surface area (Å²) in [5.74, 6) is 0.738. The second-order valence-electron chi connectivity index (χ2n) is 4.75. The Balaban J connectivity index is 2.19. The molecule has 100 valence electrons. The molecule has 0 amide bonds. The van der Waals surface area contributed by atoms with E-state index in [0.717, 1.165) is 38.2 Å². The van der Waals surface area contributed by atoms with Crippen molar-refractivity contribution in [3.63, 3.8) is 0 Å². The summed E-state index contributed by atoms with van der Waals surface area (Å²) < 4.78 is 5.20. The van der Waals surface area contributed by atoms with Crippen molar-refractivity contribution in [1.82, 2.24) is 5.32 Å². The highest BCUT2D eigenvalue weighted by atomic mass is 35.5. The topological polar surface area (TPSA) is 24.5 Å². The summed E-state index contributed by atoms with van der Waals surface area (Å²) >= 11 is 6.21. The van der Waals surface area contributed by atoms with E-state index in [-0.39, 0.29) is 0 Å². The van der Waals surface area contributed by atoms with Crippen molar-refractivity contribution in [2.45, 2.75) is 25.8 Å². The Kier molecular flexibility index (Phi) is 4.72. The molecule has 0 saturated carbocycles. The fourth-order valence-corrected chi connectivity index (χ4v) is 2.66. The molecule has 4 heteroatoms. The Morgan fingerprint density at radius 3 is 2.94 bits per heavy atom. The monoisotopic (exact) mass is 268 g/mol. The van der Waals surface area contributed by atoms with Gasteiger partial charge in [-0.2, -0.15) is 0 Å². The van der Waals surface area contributed by atoms with Crippen LogP contribution in [-0.4, -0.2) is 32.8 Å². The van der Waals surface area contributed by atoms with E-state index >= 15 is 0 Å². The highest BCUT2D eigenvalue weighted by Crippen LogP contribution is 2.30. The molecule has 2 rings (SSSR count). The SMILES string of the molecule is COc1ccc(N2CCCNCCC2C)cc1Cl. The maximum atomic E-state index is 6.21. The Labute approximate surface area is 114 Å². The minimum absolute atomic E-state index is 0.530. The molecule has 1 unspecified atom stereocenters. The smallest absolute Gasteiger partial charge is 0.137 e. The second-order valence-corrected chi connectivity index (χ2v) is 5.16. The number of hydrogen-bond donors (Lipinski definition) is 1. The molecule has 1 fully saturated rings. The molecule has 1 atom stereocenters. The van der Waals surface area contributed by atoms with Gasteiger partial charge in [-0.1, -0.05) is 11.6 Å². The van der Waals surface area contributed by atoms with Gasteiger partial charge in [0.2, 0.25) is 0 Å². The van der Waals surface area contributed by atoms with Gasteiger partial charge in [-0.15, -0.1) is 0 Å². The van der Waals surface area contributed by atoms with Gasteiger partial charge < -0.3 is 15.0 Å². The number of rotatable bonds is 2. The van der Waals surface area contributed by atoms with Gasteiger partial charge in [-0.25, -0.2) is 0 Å². The number of nitrogens with one attached hydrogen (secondary N) is 1. The first kappa shape index (κ1) is 13.5. The quantitative estimate of drug-likeness (QED) is 0.893. The zero-order valence-electron chi connectivity index (χ0n) is 11.1. The van der Waals surface area contributed by atoms with Crippen molar-refractivity contribution in [1.29, 1.82) is 0 Å². The number of hydrogen-bond acceptors (Lipinski definition) is 3. The molecule has 18 heavy (non-hydrogen) atoms. The van der Waals surface area contributed by atoms with E-state index < -0.39 is 0 Å². The molecule has 0 aliphatic carbocycles. The molecule has 1 saturated heterocycles. The fourth-order valence-electron chi connectivity index (χ4n) is 2.40. The Morgan fingerprint density at radius 2 is 2.22 bits per heavy atom. The van der Waals surface area contributed by atoms with E-state index in [1.807, 2.05) is 12.1 Å². The van der Waals surface area contributed by atoms with E-state index in [2.05, 4.69) is 23.2 Å². The van der Waals surface area contributed by atoms with Crippen molar-refractivity contribution in [3.05, 3.63) is 23.2 Å². The van der Waals surface area contributed by atoms with Crippen LogP contribution < -0.4 is 15.0 Å². The van der Waals surface area contributed by atoms with Crippen LogP contribution >= 0.6 is 11.6 Å². The van der Waals surface area contributed by atoms with Crippen molar-refractivity contribution in [2.24, 2.45) is 0 Å². The van der Waals surface area contributed by atoms with Crippen LogP contribution in [-0.2, 0) is 0 Å². The van der Waals surface area contributed by atoms with Gasteiger partial charge in [0.05, 0.1) is 12.1 Å². The van der Waals surface area contributed by atoms with Crippen LogP contribution in [0.2, 0.25) is 5.02 Å². The van der Waals surface area contributed by atoms with E-state index in [1.54, 1.807) is 7.11 Å². The third kappa shape index (κ3) is 3.09. The normalized spacial score (nSPS) is 21.3. The third-order valence-electron chi connectivity index (χ3n) is 3.49. The van der Waals surface area contributed by atoms with Crippen LogP contribution in [0.3, 0.4) is 0 Å². The maximum Gasteiger partial charge on any atom is 0.137 e. The summed E-state index contributed by atoms with van der Waals surface area (Å²) in [4.78, 5) is 2.44. The second kappa shape index (κ2) is 6.30. The average Bonchev–Trinajstić information content (AvgIpc) is 2.34. The predicted octanol–water partition coefficient (Wildman–Crippen LogP) is 2.93. The molecular formula is C14H21ClN2O. The van der Waals surface area contributed by atoms with Crippen molar-refractivity contribution >= 4 is 17.3 Å². The highest BCUT2D eigenvalue weighted by Gasteiger charge is 2.17. The molecule has 0 radical (unpaired) electrons. The van der Waals surface area contributed by atoms with Gasteiger partial charge >= 0.3 is 0 Å². The summed E-state index contributed by atoms with van der Waals surface area (Å²) in [6, 6.07) is 6.58. The number of anilines is 1. The lowest BCUT2D eigenvalue weighted by atomic mass is 10.1.